The maximum absolute atomic E-state index is 9.94. The van der Waals surface area contributed by atoms with E-state index in [1.54, 1.807) is 0 Å². The smallest absolute Gasteiger partial charge is 0.127 e. The van der Waals surface area contributed by atoms with Gasteiger partial charge in [-0.15, -0.1) is 0 Å². The molecule has 10 aromatic carbocycles. The summed E-state index contributed by atoms with van der Waals surface area (Å²) in [5.74, 6) is 1.41. The lowest BCUT2D eigenvalue weighted by molar-refractivity contribution is 0.202. The molecule has 4 heteroatoms. The van der Waals surface area contributed by atoms with Crippen LogP contribution in [0.3, 0.4) is 0 Å². The fraction of sp³-hybridized carbons (Fsp3) is 0.0820. The molecular formula is C61H46O4. The van der Waals surface area contributed by atoms with Gasteiger partial charge in [-0.1, -0.05) is 182 Å². The zero-order valence-corrected chi connectivity index (χ0v) is 35.8. The molecule has 0 atom stereocenters. The molecule has 2 N–H and O–H groups in total. The van der Waals surface area contributed by atoms with Crippen molar-refractivity contribution in [2.24, 2.45) is 0 Å². The number of aliphatic hydroxyl groups is 2. The Kier molecular flexibility index (Phi) is 10.5. The zero-order chi connectivity index (χ0) is 43.7. The summed E-state index contributed by atoms with van der Waals surface area (Å²) in [7, 11) is 0. The molecule has 0 radical (unpaired) electrons. The quantitative estimate of drug-likeness (QED) is 0.129. The van der Waals surface area contributed by atoms with E-state index in [1.807, 2.05) is 12.1 Å². The number of benzene rings is 10. The number of fused-ring (bicyclic) bond motifs is 5. The number of hydrogen-bond donors (Lipinski definition) is 2. The van der Waals surface area contributed by atoms with Gasteiger partial charge in [-0.3, -0.25) is 0 Å². The lowest BCUT2D eigenvalue weighted by atomic mass is 9.66. The van der Waals surface area contributed by atoms with Crippen molar-refractivity contribution in [3.8, 4) is 67.1 Å². The molecular weight excluding hydrogens is 797 g/mol. The fourth-order valence-corrected chi connectivity index (χ4v) is 10.2. The molecule has 0 heterocycles. The van der Waals surface area contributed by atoms with Crippen LogP contribution in [0.4, 0.5) is 0 Å². The highest BCUT2D eigenvalue weighted by atomic mass is 16.5. The van der Waals surface area contributed by atoms with E-state index in [4.69, 9.17) is 9.47 Å². The van der Waals surface area contributed by atoms with Crippen LogP contribution >= 0.6 is 0 Å². The molecule has 10 aromatic rings. The number of rotatable bonds is 12. The third-order valence-electron chi connectivity index (χ3n) is 13.0. The Morgan fingerprint density at radius 3 is 1.18 bits per heavy atom. The Balaban J connectivity index is 1.27. The summed E-state index contributed by atoms with van der Waals surface area (Å²) in [6, 6.07) is 78.3. The molecule has 0 saturated carbocycles. The van der Waals surface area contributed by atoms with E-state index in [1.165, 1.54) is 43.8 Å². The second-order valence-corrected chi connectivity index (χ2v) is 16.6. The highest BCUT2D eigenvalue weighted by molar-refractivity contribution is 6.00. The van der Waals surface area contributed by atoms with Crippen LogP contribution in [0, 0.1) is 0 Å². The van der Waals surface area contributed by atoms with Crippen LogP contribution in [0.2, 0.25) is 0 Å². The molecule has 1 aliphatic rings. The minimum atomic E-state index is -0.871. The van der Waals surface area contributed by atoms with Gasteiger partial charge in [0.25, 0.3) is 0 Å². The van der Waals surface area contributed by atoms with Gasteiger partial charge in [-0.05, 0) is 125 Å². The molecule has 0 unspecified atom stereocenters. The molecule has 65 heavy (non-hydrogen) atoms. The molecule has 4 nitrogen and oxygen atoms in total. The topological polar surface area (TPSA) is 58.9 Å². The first-order chi connectivity index (χ1) is 32.1. The highest BCUT2D eigenvalue weighted by Crippen LogP contribution is 2.59. The Morgan fingerprint density at radius 2 is 0.738 bits per heavy atom. The van der Waals surface area contributed by atoms with Crippen LogP contribution in [0.1, 0.15) is 22.3 Å². The average Bonchev–Trinajstić information content (AvgIpc) is 3.67. The van der Waals surface area contributed by atoms with Gasteiger partial charge in [0, 0.05) is 11.1 Å². The molecule has 11 rings (SSSR count). The third kappa shape index (κ3) is 6.95. The van der Waals surface area contributed by atoms with Crippen LogP contribution in [0.15, 0.2) is 218 Å². The molecule has 0 spiro atoms. The zero-order valence-electron chi connectivity index (χ0n) is 35.8. The summed E-state index contributed by atoms with van der Waals surface area (Å²) >= 11 is 0. The lowest BCUT2D eigenvalue weighted by Crippen LogP contribution is -2.29. The van der Waals surface area contributed by atoms with Crippen molar-refractivity contribution in [3.05, 3.63) is 241 Å². The fourth-order valence-electron chi connectivity index (χ4n) is 10.2. The second-order valence-electron chi connectivity index (χ2n) is 16.6. The van der Waals surface area contributed by atoms with Gasteiger partial charge in [0.15, 0.2) is 0 Å². The first kappa shape index (κ1) is 40.0. The first-order valence-electron chi connectivity index (χ1n) is 22.3. The maximum atomic E-state index is 9.94. The van der Waals surface area contributed by atoms with Crippen molar-refractivity contribution in [2.45, 2.75) is 5.41 Å². The maximum Gasteiger partial charge on any atom is 0.127 e. The van der Waals surface area contributed by atoms with Crippen molar-refractivity contribution in [2.75, 3.05) is 26.4 Å². The van der Waals surface area contributed by atoms with Crippen LogP contribution in [0.5, 0.6) is 11.5 Å². The third-order valence-corrected chi connectivity index (χ3v) is 13.0. The number of ether oxygens (including phenoxy) is 2. The van der Waals surface area contributed by atoms with Gasteiger partial charge >= 0.3 is 0 Å². The van der Waals surface area contributed by atoms with Gasteiger partial charge in [-0.2, -0.15) is 0 Å². The molecule has 0 saturated heterocycles. The van der Waals surface area contributed by atoms with Gasteiger partial charge < -0.3 is 19.7 Å². The van der Waals surface area contributed by atoms with E-state index in [2.05, 4.69) is 206 Å². The number of hydrogen-bond acceptors (Lipinski definition) is 4. The normalized spacial score (nSPS) is 12.5. The van der Waals surface area contributed by atoms with Crippen LogP contribution in [0.25, 0.3) is 77.2 Å². The lowest BCUT2D eigenvalue weighted by Gasteiger charge is -2.35. The Hall–Kier alpha value is -7.76. The van der Waals surface area contributed by atoms with Crippen molar-refractivity contribution >= 4 is 21.5 Å². The minimum Gasteiger partial charge on any atom is -0.491 e. The standard InChI is InChI=1S/C61H46O4/c62-33-35-64-59-31-27-47(39-55(59)43-13-3-1-4-14-43)61(48-28-32-60(65-36-34-63)56(40-48)44-15-5-2-6-16-44)57-37-45(51-23-11-19-41-17-7-9-21-49(41)51)25-29-53(57)54-30-26-46(38-58(54)61)52-24-12-20-42-18-8-10-22-50(42)52/h1-32,37-40,62-63H,33-36H2. The van der Waals surface area contributed by atoms with E-state index in [9.17, 15) is 10.2 Å². The first-order valence-corrected chi connectivity index (χ1v) is 22.3. The summed E-state index contributed by atoms with van der Waals surface area (Å²) < 4.78 is 12.6. The van der Waals surface area contributed by atoms with E-state index in [0.29, 0.717) is 11.5 Å². The second kappa shape index (κ2) is 17.1. The summed E-state index contributed by atoms with van der Waals surface area (Å²) in [5.41, 5.74) is 14.4. The van der Waals surface area contributed by atoms with E-state index in [-0.39, 0.29) is 26.4 Å². The average molecular weight is 843 g/mol. The molecule has 0 bridgehead atoms. The summed E-state index contributed by atoms with van der Waals surface area (Å²) in [6.45, 7) is 0.159. The molecule has 0 fully saturated rings. The Labute approximate surface area is 379 Å². The SMILES string of the molecule is OCCOc1ccc(C2(c3ccc(OCCO)c(-c4ccccc4)c3)c3cc(-c4cccc5ccccc45)ccc3-c3ccc(-c4cccc5ccccc45)cc32)cc1-c1ccccc1. The van der Waals surface area contributed by atoms with Crippen molar-refractivity contribution in [1.82, 2.24) is 0 Å². The van der Waals surface area contributed by atoms with Gasteiger partial charge in [-0.25, -0.2) is 0 Å². The summed E-state index contributed by atoms with van der Waals surface area (Å²) in [5, 5.41) is 24.7. The summed E-state index contributed by atoms with van der Waals surface area (Å²) in [6.07, 6.45) is 0. The predicted octanol–water partition coefficient (Wildman–Crippen LogP) is 13.8. The predicted molar refractivity (Wildman–Crippen MR) is 266 cm³/mol. The van der Waals surface area contributed by atoms with E-state index < -0.39 is 5.41 Å². The van der Waals surface area contributed by atoms with E-state index >= 15 is 0 Å². The monoisotopic (exact) mass is 842 g/mol. The Bertz CT molecular complexity index is 3120. The van der Waals surface area contributed by atoms with Gasteiger partial charge in [0.1, 0.15) is 24.7 Å². The molecule has 0 aromatic heterocycles. The summed E-state index contributed by atoms with van der Waals surface area (Å²) in [4.78, 5) is 0. The van der Waals surface area contributed by atoms with Crippen molar-refractivity contribution in [3.63, 3.8) is 0 Å². The van der Waals surface area contributed by atoms with Crippen LogP contribution in [-0.2, 0) is 5.41 Å². The van der Waals surface area contributed by atoms with Gasteiger partial charge in [0.2, 0.25) is 0 Å². The minimum absolute atomic E-state index is 0.0957. The number of aliphatic hydroxyl groups excluding tert-OH is 2. The van der Waals surface area contributed by atoms with Crippen LogP contribution < -0.4 is 9.47 Å². The molecule has 0 aliphatic heterocycles. The van der Waals surface area contributed by atoms with E-state index in [0.717, 1.165) is 55.6 Å². The van der Waals surface area contributed by atoms with Crippen LogP contribution in [-0.4, -0.2) is 36.6 Å². The molecule has 0 amide bonds. The van der Waals surface area contributed by atoms with Crippen molar-refractivity contribution in [1.29, 1.82) is 0 Å². The highest BCUT2D eigenvalue weighted by Gasteiger charge is 2.47. The van der Waals surface area contributed by atoms with Gasteiger partial charge in [0.05, 0.1) is 18.6 Å². The molecule has 314 valence electrons. The Morgan fingerprint density at radius 1 is 0.323 bits per heavy atom. The van der Waals surface area contributed by atoms with Crippen molar-refractivity contribution < 1.29 is 19.7 Å². The largest absolute Gasteiger partial charge is 0.491 e. The molecule has 1 aliphatic carbocycles.